The second-order valence-corrected chi connectivity index (χ2v) is 12.8. The Balaban J connectivity index is 3.86. The Morgan fingerprint density at radius 2 is 1.12 bits per heavy atom. The Bertz CT molecular complexity index is 635. The van der Waals surface area contributed by atoms with E-state index in [9.17, 15) is 0 Å². The predicted molar refractivity (Wildman–Crippen MR) is 118 cm³/mol. The zero-order valence-electron chi connectivity index (χ0n) is 20.3. The Hall–Kier alpha value is -0.820. The Labute approximate surface area is 164 Å². The van der Waals surface area contributed by atoms with Crippen LogP contribution in [0.3, 0.4) is 0 Å². The molecule has 0 N–H and O–H groups in total. The highest BCUT2D eigenvalue weighted by molar-refractivity contribution is 5.48. The van der Waals surface area contributed by atoms with E-state index in [2.05, 4.69) is 109 Å². The fourth-order valence-corrected chi connectivity index (χ4v) is 3.40. The highest BCUT2D eigenvalue weighted by Gasteiger charge is 2.36. The van der Waals surface area contributed by atoms with E-state index in [1.165, 1.54) is 16.7 Å². The van der Waals surface area contributed by atoms with Gasteiger partial charge in [0.25, 0.3) is 0 Å². The topological polar surface area (TPSA) is 0 Å². The van der Waals surface area contributed by atoms with Gasteiger partial charge >= 0.3 is 0 Å². The Kier molecular flexibility index (Phi) is 5.94. The fraction of sp³-hybridized carbons (Fsp3) is 0.760. The average Bonchev–Trinajstić information content (AvgIpc) is 2.32. The maximum Gasteiger partial charge on any atom is 0.105 e. The molecule has 0 aliphatic heterocycles. The molecule has 0 fully saturated rings. The lowest BCUT2D eigenvalue weighted by Crippen LogP contribution is -2.53. The number of hydrogen-bond acceptors (Lipinski definition) is 0. The molecule has 1 heteroatoms. The first kappa shape index (κ1) is 23.2. The lowest BCUT2D eigenvalue weighted by Gasteiger charge is -2.44. The van der Waals surface area contributed by atoms with E-state index in [1.54, 1.807) is 5.56 Å². The normalized spacial score (nSPS) is 14.7. The number of rotatable bonds is 2. The molecule has 0 aliphatic carbocycles. The summed E-state index contributed by atoms with van der Waals surface area (Å²) >= 11 is 0. The van der Waals surface area contributed by atoms with E-state index in [-0.39, 0.29) is 21.8 Å². The maximum absolute atomic E-state index is 2.50. The van der Waals surface area contributed by atoms with Crippen LogP contribution >= 0.6 is 0 Å². The van der Waals surface area contributed by atoms with Crippen molar-refractivity contribution in [3.8, 4) is 0 Å². The minimum Gasteiger partial charge on any atom is -0.321 e. The summed E-state index contributed by atoms with van der Waals surface area (Å²) in [6.45, 7) is 29.3. The van der Waals surface area contributed by atoms with Gasteiger partial charge in [0, 0.05) is 5.56 Å². The van der Waals surface area contributed by atoms with Crippen molar-refractivity contribution in [1.29, 1.82) is 0 Å². The van der Waals surface area contributed by atoms with Gasteiger partial charge in [0.2, 0.25) is 0 Å². The van der Waals surface area contributed by atoms with Crippen LogP contribution in [0.2, 0.25) is 0 Å². The van der Waals surface area contributed by atoms with E-state index in [4.69, 9.17) is 0 Å². The standard InChI is InChI=1S/C25H46N/c1-22(2,3)19-15-18(17-26(13,14)25(10,11)12)21(24(7,8)9)20(16-19)23(4,5)6/h15-16H,17H2,1-14H3/q+1. The lowest BCUT2D eigenvalue weighted by molar-refractivity contribution is -0.948. The van der Waals surface area contributed by atoms with Crippen molar-refractivity contribution in [3.05, 3.63) is 34.4 Å². The molecule has 1 rings (SSSR count). The summed E-state index contributed by atoms with van der Waals surface area (Å²) in [5.41, 5.74) is 6.67. The molecular weight excluding hydrogens is 314 g/mol. The molecule has 0 saturated heterocycles. The summed E-state index contributed by atoms with van der Waals surface area (Å²) in [4.78, 5) is 0. The van der Waals surface area contributed by atoms with Crippen LogP contribution in [0.5, 0.6) is 0 Å². The highest BCUT2D eigenvalue weighted by Crippen LogP contribution is 2.41. The molecule has 1 aromatic rings. The van der Waals surface area contributed by atoms with Gasteiger partial charge < -0.3 is 4.48 Å². The van der Waals surface area contributed by atoms with E-state index < -0.39 is 0 Å². The first-order valence-corrected chi connectivity index (χ1v) is 10.2. The SMILES string of the molecule is CC(C)(C)c1cc(C[N+](C)(C)C(C)(C)C)c(C(C)(C)C)c(C(C)(C)C)c1. The van der Waals surface area contributed by atoms with Crippen LogP contribution in [0.1, 0.15) is 105 Å². The van der Waals surface area contributed by atoms with Crippen LogP contribution < -0.4 is 0 Å². The summed E-state index contributed by atoms with van der Waals surface area (Å²) in [5, 5.41) is 0. The van der Waals surface area contributed by atoms with Gasteiger partial charge in [0.15, 0.2) is 0 Å². The number of quaternary nitrogens is 1. The summed E-state index contributed by atoms with van der Waals surface area (Å²) in [5.74, 6) is 0. The van der Waals surface area contributed by atoms with Crippen molar-refractivity contribution in [1.82, 2.24) is 0 Å². The second-order valence-electron chi connectivity index (χ2n) is 12.8. The first-order chi connectivity index (χ1) is 11.2. The van der Waals surface area contributed by atoms with Crippen molar-refractivity contribution in [2.75, 3.05) is 14.1 Å². The zero-order valence-corrected chi connectivity index (χ0v) is 20.3. The molecule has 0 radical (unpaired) electrons. The number of nitrogens with zero attached hydrogens (tertiary/aromatic N) is 1. The van der Waals surface area contributed by atoms with Gasteiger partial charge in [-0.05, 0) is 59.8 Å². The third-order valence-corrected chi connectivity index (χ3v) is 6.03. The summed E-state index contributed by atoms with van der Waals surface area (Å²) in [7, 11) is 4.74. The van der Waals surface area contributed by atoms with Gasteiger partial charge in [-0.1, -0.05) is 68.4 Å². The molecule has 150 valence electrons. The minimum absolute atomic E-state index is 0.131. The average molecular weight is 361 g/mol. The van der Waals surface area contributed by atoms with Crippen molar-refractivity contribution < 1.29 is 4.48 Å². The molecule has 1 aromatic carbocycles. The van der Waals surface area contributed by atoms with Gasteiger partial charge in [0.1, 0.15) is 6.54 Å². The van der Waals surface area contributed by atoms with Gasteiger partial charge in [-0.25, -0.2) is 0 Å². The lowest BCUT2D eigenvalue weighted by atomic mass is 9.70. The van der Waals surface area contributed by atoms with Gasteiger partial charge in [-0.2, -0.15) is 0 Å². The van der Waals surface area contributed by atoms with Crippen LogP contribution in [0.4, 0.5) is 0 Å². The molecule has 0 atom stereocenters. The number of hydrogen-bond donors (Lipinski definition) is 0. The molecule has 1 nitrogen and oxygen atoms in total. The molecule has 0 spiro atoms. The highest BCUT2D eigenvalue weighted by atomic mass is 15.4. The quantitative estimate of drug-likeness (QED) is 0.500. The van der Waals surface area contributed by atoms with E-state index in [0.29, 0.717) is 0 Å². The molecule has 0 aromatic heterocycles. The molecule has 0 aliphatic rings. The Morgan fingerprint density at radius 3 is 1.42 bits per heavy atom. The smallest absolute Gasteiger partial charge is 0.105 e. The molecule has 0 heterocycles. The second kappa shape index (κ2) is 6.66. The van der Waals surface area contributed by atoms with Crippen molar-refractivity contribution in [3.63, 3.8) is 0 Å². The van der Waals surface area contributed by atoms with Crippen LogP contribution in [-0.2, 0) is 22.8 Å². The molecule has 0 amide bonds. The zero-order chi connectivity index (χ0) is 20.9. The summed E-state index contributed by atoms with van der Waals surface area (Å²) in [6, 6.07) is 4.99. The van der Waals surface area contributed by atoms with E-state index in [0.717, 1.165) is 11.0 Å². The van der Waals surface area contributed by atoms with Crippen molar-refractivity contribution in [2.45, 2.75) is 111 Å². The third-order valence-electron chi connectivity index (χ3n) is 6.03. The predicted octanol–water partition coefficient (Wildman–Crippen LogP) is 6.95. The minimum atomic E-state index is 0.131. The molecule has 0 unspecified atom stereocenters. The third kappa shape index (κ3) is 5.12. The molecule has 0 saturated carbocycles. The fourth-order valence-electron chi connectivity index (χ4n) is 3.40. The first-order valence-electron chi connectivity index (χ1n) is 10.2. The van der Waals surface area contributed by atoms with Crippen molar-refractivity contribution >= 4 is 0 Å². The van der Waals surface area contributed by atoms with Gasteiger partial charge in [-0.15, -0.1) is 0 Å². The molecular formula is C25H46N+. The number of benzene rings is 1. The van der Waals surface area contributed by atoms with Crippen LogP contribution in [-0.4, -0.2) is 24.1 Å². The molecule has 26 heavy (non-hydrogen) atoms. The monoisotopic (exact) mass is 360 g/mol. The summed E-state index contributed by atoms with van der Waals surface area (Å²) in [6.07, 6.45) is 0. The van der Waals surface area contributed by atoms with E-state index >= 15 is 0 Å². The summed E-state index contributed by atoms with van der Waals surface area (Å²) < 4.78 is 0.979. The van der Waals surface area contributed by atoms with Crippen LogP contribution in [0.15, 0.2) is 12.1 Å². The Morgan fingerprint density at radius 1 is 0.654 bits per heavy atom. The van der Waals surface area contributed by atoms with Crippen LogP contribution in [0.25, 0.3) is 0 Å². The van der Waals surface area contributed by atoms with Crippen LogP contribution in [0, 0.1) is 0 Å². The maximum atomic E-state index is 2.50. The van der Waals surface area contributed by atoms with Crippen molar-refractivity contribution in [2.24, 2.45) is 0 Å². The van der Waals surface area contributed by atoms with Gasteiger partial charge in [0.05, 0.1) is 19.6 Å². The van der Waals surface area contributed by atoms with E-state index in [1.807, 2.05) is 0 Å². The van der Waals surface area contributed by atoms with Gasteiger partial charge in [-0.3, -0.25) is 0 Å². The largest absolute Gasteiger partial charge is 0.321 e. The molecule has 0 bridgehead atoms.